The highest BCUT2D eigenvalue weighted by Crippen LogP contribution is 2.35. The molecule has 3 rings (SSSR count). The number of allylic oxidation sites excluding steroid dienone is 3. The zero-order valence-electron chi connectivity index (χ0n) is 15.7. The highest BCUT2D eigenvalue weighted by Gasteiger charge is 2.12. The summed E-state index contributed by atoms with van der Waals surface area (Å²) in [7, 11) is 0. The molecule has 0 N–H and O–H groups in total. The van der Waals surface area contributed by atoms with Gasteiger partial charge in [-0.1, -0.05) is 68.8 Å². The molecule has 0 amide bonds. The molecule has 142 valence electrons. The third kappa shape index (κ3) is 5.70. The molecule has 0 fully saturated rings. The molecule has 0 bridgehead atoms. The van der Waals surface area contributed by atoms with E-state index < -0.39 is 0 Å². The third-order valence-corrected chi connectivity index (χ3v) is 5.53. The van der Waals surface area contributed by atoms with Crippen molar-refractivity contribution in [3.63, 3.8) is 0 Å². The summed E-state index contributed by atoms with van der Waals surface area (Å²) in [5.41, 5.74) is 4.78. The maximum atomic E-state index is 3.71. The second-order valence-electron chi connectivity index (χ2n) is 6.51. The van der Waals surface area contributed by atoms with E-state index in [0.717, 1.165) is 45.3 Å². The van der Waals surface area contributed by atoms with Crippen LogP contribution in [0.2, 0.25) is 0 Å². The molecule has 0 heterocycles. The Morgan fingerprint density at radius 1 is 0.714 bits per heavy atom. The van der Waals surface area contributed by atoms with Gasteiger partial charge in [0.2, 0.25) is 0 Å². The fourth-order valence-electron chi connectivity index (χ4n) is 3.06. The van der Waals surface area contributed by atoms with Gasteiger partial charge in [-0.2, -0.15) is 0 Å². The highest BCUT2D eigenvalue weighted by atomic mass is 79.9. The summed E-state index contributed by atoms with van der Waals surface area (Å²) in [5.74, 6) is 0. The van der Waals surface area contributed by atoms with Crippen LogP contribution in [0.15, 0.2) is 107 Å². The van der Waals surface area contributed by atoms with E-state index in [1.165, 1.54) is 5.56 Å². The van der Waals surface area contributed by atoms with Gasteiger partial charge in [0.15, 0.2) is 0 Å². The van der Waals surface area contributed by atoms with E-state index >= 15 is 0 Å². The van der Waals surface area contributed by atoms with Crippen LogP contribution in [0.3, 0.4) is 0 Å². The minimum absolute atomic E-state index is 1.08. The van der Waals surface area contributed by atoms with Gasteiger partial charge in [-0.15, -0.1) is 0 Å². The predicted octanol–water partition coefficient (Wildman–Crippen LogP) is 8.75. The van der Waals surface area contributed by atoms with Gasteiger partial charge in [-0.05, 0) is 85.5 Å². The molecule has 0 radical (unpaired) electrons. The van der Waals surface area contributed by atoms with Crippen molar-refractivity contribution in [3.05, 3.63) is 112 Å². The monoisotopic (exact) mass is 495 g/mol. The van der Waals surface area contributed by atoms with Gasteiger partial charge in [0, 0.05) is 26.0 Å². The molecule has 0 aliphatic carbocycles. The number of aryl methyl sites for hydroxylation is 1. The summed E-state index contributed by atoms with van der Waals surface area (Å²) >= 11 is 7.06. The Kier molecular flexibility index (Phi) is 7.70. The largest absolute Gasteiger partial charge is 0.311 e. The van der Waals surface area contributed by atoms with Crippen LogP contribution in [0.1, 0.15) is 18.4 Å². The number of benzene rings is 3. The van der Waals surface area contributed by atoms with Crippen molar-refractivity contribution in [2.45, 2.75) is 19.3 Å². The number of rotatable bonds is 8. The standard InChI is InChI=1S/C25H23Br2N/c1-2-3-4-5-6-7-20-8-14-23(15-9-20)28(24-16-10-21(26)11-17-24)25-18-12-22(27)13-19-25/h2-4,8-19H,1,5-7H2. The lowest BCUT2D eigenvalue weighted by Crippen LogP contribution is -2.09. The zero-order valence-corrected chi connectivity index (χ0v) is 18.9. The van der Waals surface area contributed by atoms with Crippen molar-refractivity contribution in [2.75, 3.05) is 4.90 Å². The molecule has 0 aliphatic heterocycles. The molecule has 3 heteroatoms. The van der Waals surface area contributed by atoms with Crippen molar-refractivity contribution in [2.24, 2.45) is 0 Å². The van der Waals surface area contributed by atoms with Gasteiger partial charge >= 0.3 is 0 Å². The first-order chi connectivity index (χ1) is 13.7. The fraction of sp³-hybridized carbons (Fsp3) is 0.120. The van der Waals surface area contributed by atoms with Crippen molar-refractivity contribution in [1.82, 2.24) is 0 Å². The number of halogens is 2. The Balaban J connectivity index is 1.83. The number of hydrogen-bond donors (Lipinski definition) is 0. The van der Waals surface area contributed by atoms with E-state index in [-0.39, 0.29) is 0 Å². The van der Waals surface area contributed by atoms with Crippen LogP contribution in [0.4, 0.5) is 17.1 Å². The lowest BCUT2D eigenvalue weighted by molar-refractivity contribution is 0.843. The van der Waals surface area contributed by atoms with E-state index in [2.05, 4.69) is 122 Å². The van der Waals surface area contributed by atoms with Gasteiger partial charge in [0.1, 0.15) is 0 Å². The van der Waals surface area contributed by atoms with Crippen LogP contribution >= 0.6 is 31.9 Å². The second kappa shape index (κ2) is 10.4. The lowest BCUT2D eigenvalue weighted by atomic mass is 10.1. The van der Waals surface area contributed by atoms with Gasteiger partial charge in [0.25, 0.3) is 0 Å². The SMILES string of the molecule is C=CC=CCCCc1ccc(N(c2ccc(Br)cc2)c2ccc(Br)cc2)cc1. The maximum Gasteiger partial charge on any atom is 0.0462 e. The Hall–Kier alpha value is -2.10. The van der Waals surface area contributed by atoms with Crippen molar-refractivity contribution >= 4 is 48.9 Å². The van der Waals surface area contributed by atoms with Crippen LogP contribution in [0.5, 0.6) is 0 Å². The molecule has 0 unspecified atom stereocenters. The van der Waals surface area contributed by atoms with E-state index in [1.54, 1.807) is 0 Å². The molecule has 0 spiro atoms. The molecule has 0 saturated heterocycles. The fourth-order valence-corrected chi connectivity index (χ4v) is 3.58. The molecule has 0 aromatic heterocycles. The van der Waals surface area contributed by atoms with Crippen LogP contribution in [0.25, 0.3) is 0 Å². The Morgan fingerprint density at radius 2 is 1.18 bits per heavy atom. The van der Waals surface area contributed by atoms with Gasteiger partial charge in [-0.3, -0.25) is 0 Å². The molecule has 0 atom stereocenters. The minimum atomic E-state index is 1.08. The average molecular weight is 497 g/mol. The molecule has 0 saturated carbocycles. The molecular weight excluding hydrogens is 474 g/mol. The molecule has 3 aromatic carbocycles. The van der Waals surface area contributed by atoms with Crippen LogP contribution < -0.4 is 4.90 Å². The van der Waals surface area contributed by atoms with Gasteiger partial charge in [-0.25, -0.2) is 0 Å². The number of nitrogens with zero attached hydrogens (tertiary/aromatic N) is 1. The van der Waals surface area contributed by atoms with Crippen molar-refractivity contribution in [1.29, 1.82) is 0 Å². The number of anilines is 3. The summed E-state index contributed by atoms with van der Waals surface area (Å²) in [4.78, 5) is 2.27. The van der Waals surface area contributed by atoms with Crippen LogP contribution in [0, 0.1) is 0 Å². The summed E-state index contributed by atoms with van der Waals surface area (Å²) in [6, 6.07) is 25.7. The topological polar surface area (TPSA) is 3.24 Å². The Labute approximate surface area is 184 Å². The second-order valence-corrected chi connectivity index (χ2v) is 8.34. The Bertz CT molecular complexity index is 865. The Morgan fingerprint density at radius 3 is 1.64 bits per heavy atom. The summed E-state index contributed by atoms with van der Waals surface area (Å²) in [5, 5.41) is 0. The summed E-state index contributed by atoms with van der Waals surface area (Å²) in [6.07, 6.45) is 9.32. The van der Waals surface area contributed by atoms with Gasteiger partial charge in [0.05, 0.1) is 0 Å². The van der Waals surface area contributed by atoms with Crippen LogP contribution in [-0.4, -0.2) is 0 Å². The van der Waals surface area contributed by atoms with Crippen molar-refractivity contribution in [3.8, 4) is 0 Å². The number of hydrogen-bond acceptors (Lipinski definition) is 1. The summed E-state index contributed by atoms with van der Waals surface area (Å²) in [6.45, 7) is 3.71. The smallest absolute Gasteiger partial charge is 0.0462 e. The highest BCUT2D eigenvalue weighted by molar-refractivity contribution is 9.10. The van der Waals surface area contributed by atoms with Crippen molar-refractivity contribution < 1.29 is 0 Å². The minimum Gasteiger partial charge on any atom is -0.311 e. The molecule has 0 aliphatic rings. The van der Waals surface area contributed by atoms with E-state index in [9.17, 15) is 0 Å². The van der Waals surface area contributed by atoms with Gasteiger partial charge < -0.3 is 4.90 Å². The molecule has 1 nitrogen and oxygen atoms in total. The van der Waals surface area contributed by atoms with E-state index in [0.29, 0.717) is 0 Å². The first-order valence-electron chi connectivity index (χ1n) is 9.35. The predicted molar refractivity (Wildman–Crippen MR) is 129 cm³/mol. The first-order valence-corrected chi connectivity index (χ1v) is 10.9. The average Bonchev–Trinajstić information content (AvgIpc) is 2.72. The molecule has 28 heavy (non-hydrogen) atoms. The third-order valence-electron chi connectivity index (χ3n) is 4.47. The summed E-state index contributed by atoms with van der Waals surface area (Å²) < 4.78 is 2.15. The van der Waals surface area contributed by atoms with E-state index in [4.69, 9.17) is 0 Å². The zero-order chi connectivity index (χ0) is 19.8. The first kappa shape index (κ1) is 20.6. The molecular formula is C25H23Br2N. The maximum absolute atomic E-state index is 3.71. The normalized spacial score (nSPS) is 10.9. The van der Waals surface area contributed by atoms with E-state index in [1.807, 2.05) is 12.2 Å². The molecule has 3 aromatic rings. The number of unbranched alkanes of at least 4 members (excludes halogenated alkanes) is 1. The van der Waals surface area contributed by atoms with Crippen LogP contribution in [-0.2, 0) is 6.42 Å². The lowest BCUT2D eigenvalue weighted by Gasteiger charge is -2.25. The quantitative estimate of drug-likeness (QED) is 0.222.